The zero-order chi connectivity index (χ0) is 105. The first-order valence-electron chi connectivity index (χ1n) is 49.3. The van der Waals surface area contributed by atoms with Gasteiger partial charge in [0.2, 0.25) is 40.2 Å². The van der Waals surface area contributed by atoms with Gasteiger partial charge in [-0.1, -0.05) is 132 Å². The molecule has 7 aromatic heterocycles. The summed E-state index contributed by atoms with van der Waals surface area (Å²) in [5.41, 5.74) is 43.1. The highest BCUT2D eigenvalue weighted by Crippen LogP contribution is 2.56. The molecule has 30 heteroatoms. The number of nitrogens with zero attached hydrogens (tertiary/aromatic N) is 4. The number of nitrogens with one attached hydrogen (secondary N) is 4. The van der Waals surface area contributed by atoms with Gasteiger partial charge in [0.05, 0.1) is 95.1 Å². The number of carbonyl (C=O) groups is 6. The van der Waals surface area contributed by atoms with Gasteiger partial charge in [0.1, 0.15) is 17.9 Å². The fourth-order valence-electron chi connectivity index (χ4n) is 24.4. The van der Waals surface area contributed by atoms with Crippen molar-refractivity contribution in [2.45, 2.75) is 224 Å². The monoisotopic (exact) mass is 1980 g/mol. The molecule has 0 radical (unpaired) electrons. The van der Waals surface area contributed by atoms with Crippen molar-refractivity contribution < 1.29 is 76.9 Å². The van der Waals surface area contributed by atoms with E-state index in [2.05, 4.69) is 161 Å². The van der Waals surface area contributed by atoms with E-state index in [9.17, 15) is 48.3 Å². The minimum absolute atomic E-state index is 0.0416. The molecule has 768 valence electrons. The Morgan fingerprint density at radius 3 is 1.29 bits per heavy atom. The molecule has 20 rings (SSSR count). The number of aryl methyl sites for hydroxylation is 1. The second-order valence-electron chi connectivity index (χ2n) is 39.5. The number of ketones is 1. The third-order valence-corrected chi connectivity index (χ3v) is 30.2. The van der Waals surface area contributed by atoms with E-state index < -0.39 is 63.0 Å². The van der Waals surface area contributed by atoms with Gasteiger partial charge in [-0.3, -0.25) is 38.4 Å². The maximum absolute atomic E-state index is 12.8. The van der Waals surface area contributed by atoms with Crippen LogP contribution in [0.4, 0.5) is 4.79 Å². The minimum atomic E-state index is -1.24. The Kier molecular flexibility index (Phi) is 33.4. The number of carboxylic acid groups (broad SMARTS) is 1. The van der Waals surface area contributed by atoms with E-state index in [0.29, 0.717) is 90.9 Å². The van der Waals surface area contributed by atoms with Gasteiger partial charge in [-0.25, -0.2) is 43.3 Å². The second kappa shape index (κ2) is 44.7. The molecule has 0 saturated heterocycles. The number of aliphatic hydroxyl groups is 1. The van der Waals surface area contributed by atoms with Gasteiger partial charge < -0.3 is 85.6 Å². The van der Waals surface area contributed by atoms with Crippen LogP contribution in [0.3, 0.4) is 0 Å². The van der Waals surface area contributed by atoms with Gasteiger partial charge in [0.15, 0.2) is 11.2 Å². The first-order valence-corrected chi connectivity index (χ1v) is 49.3. The number of rotatable bonds is 11. The van der Waals surface area contributed by atoms with Crippen molar-refractivity contribution in [3.8, 4) is 23.5 Å². The maximum atomic E-state index is 12.8. The van der Waals surface area contributed by atoms with E-state index in [1.54, 1.807) is 63.8 Å². The number of allylic oxidation sites excluding steroid dienone is 12. The second-order valence-corrected chi connectivity index (χ2v) is 39.5. The molecular weight excluding hydrogens is 1840 g/mol. The Hall–Kier alpha value is -13.9. The van der Waals surface area contributed by atoms with Crippen LogP contribution in [0.5, 0.6) is 23.5 Å². The van der Waals surface area contributed by atoms with Crippen LogP contribution in [0.2, 0.25) is 0 Å². The summed E-state index contributed by atoms with van der Waals surface area (Å²) in [6.45, 7) is 32.0. The van der Waals surface area contributed by atoms with Crippen molar-refractivity contribution in [1.29, 1.82) is 0 Å². The highest BCUT2D eigenvalue weighted by atomic mass is 16.5. The number of carboxylic acids is 1. The van der Waals surface area contributed by atoms with E-state index in [1.807, 2.05) is 83.2 Å². The average Bonchev–Trinajstić information content (AvgIpc) is 0.742. The Labute approximate surface area is 847 Å². The quantitative estimate of drug-likeness (QED) is 0.0191. The lowest BCUT2D eigenvalue weighted by Crippen LogP contribution is -2.53. The number of aromatic nitrogens is 7. The van der Waals surface area contributed by atoms with Crippen LogP contribution < -0.4 is 58.1 Å². The molecule has 1 fully saturated rings. The Bertz CT molecular complexity index is 6680. The van der Waals surface area contributed by atoms with Crippen molar-refractivity contribution in [3.05, 3.63) is 342 Å². The molecule has 7 heterocycles. The summed E-state index contributed by atoms with van der Waals surface area (Å²) in [6, 6.07) is 24.8. The molecule has 13 aliphatic carbocycles. The summed E-state index contributed by atoms with van der Waals surface area (Å²) in [7, 11) is 10.4. The summed E-state index contributed by atoms with van der Waals surface area (Å²) < 4.78 is 40.3. The zero-order valence-corrected chi connectivity index (χ0v) is 86.6. The van der Waals surface area contributed by atoms with Gasteiger partial charge in [-0.15, -0.1) is 0 Å². The Morgan fingerprint density at radius 1 is 0.469 bits per heavy atom. The lowest BCUT2D eigenvalue weighted by atomic mass is 9.58. The number of hydrogen-bond acceptors (Lipinski definition) is 25. The maximum Gasteiger partial charge on any atom is 0.407 e. The lowest BCUT2D eigenvalue weighted by Gasteiger charge is -2.50. The highest BCUT2D eigenvalue weighted by Gasteiger charge is 2.58. The molecule has 11 unspecified atom stereocenters. The molecule has 1 saturated carbocycles. The molecule has 0 aromatic carbocycles. The molecule has 14 atom stereocenters. The van der Waals surface area contributed by atoms with Gasteiger partial charge in [0.25, 0.3) is 0 Å². The van der Waals surface area contributed by atoms with Crippen molar-refractivity contribution in [1.82, 2.24) is 40.2 Å². The molecule has 30 nitrogen and oxygen atoms in total. The smallest absolute Gasteiger partial charge is 0.407 e. The van der Waals surface area contributed by atoms with Gasteiger partial charge in [0, 0.05) is 127 Å². The van der Waals surface area contributed by atoms with Crippen LogP contribution in [-0.2, 0) is 121 Å². The van der Waals surface area contributed by atoms with E-state index in [4.69, 9.17) is 55.5 Å². The molecule has 7 aromatic rings. The lowest BCUT2D eigenvalue weighted by molar-refractivity contribution is -0.154. The fourth-order valence-corrected chi connectivity index (χ4v) is 24.4. The van der Waals surface area contributed by atoms with Crippen molar-refractivity contribution >= 4 is 35.8 Å². The van der Waals surface area contributed by atoms with Crippen molar-refractivity contribution in [3.63, 3.8) is 0 Å². The minimum Gasteiger partial charge on any atom is -0.481 e. The highest BCUT2D eigenvalue weighted by molar-refractivity contribution is 6.13. The number of Topliss-reactive ketones (excluding diaryl/α,β-unsaturated/α-hetero) is 1. The first-order chi connectivity index (χ1) is 69.0. The number of pyridine rings is 7. The number of carbonyl (C=O) groups excluding carboxylic acids is 5. The SMILES string of the molecule is C/C=C1\C2C=C(C)CC1(C(=O)OC)c1ccc(OC)nc1C2.C/C=C1\C2C=C(C)CC1(NC(=O)OC)c1ccc(OC)nc1C2.C/C=C1\C2C=C(C)C[C@]1(N)c1ccc(=O)[nH]c1C2.C/C=C1\C2C=C(C)C[C@]1(N)c1ccc(=O)[nH]c1C2.C=C(CC)COC(C)=O.C=C1[CH-]C2Cc3[nH]c(=O)ccc3[C@](N)(C1)/C2=C/C.COC(=O)C12CC(C)=CC(Cc3nc(OC)ccc31)C2=O.COc1ccc2c(n1)CCC(O)C2C(=O)O. The molecule has 12 bridgehead atoms. The number of ether oxygens (including phenoxy) is 8. The predicted molar refractivity (Wildman–Crippen MR) is 554 cm³/mol. The van der Waals surface area contributed by atoms with Crippen molar-refractivity contribution in [2.24, 2.45) is 52.7 Å². The number of aromatic amines is 3. The summed E-state index contributed by atoms with van der Waals surface area (Å²) in [4.78, 5) is 132. The van der Waals surface area contributed by atoms with E-state index in [1.165, 1.54) is 79.9 Å². The third kappa shape index (κ3) is 21.4. The summed E-state index contributed by atoms with van der Waals surface area (Å²) in [6.07, 6.45) is 33.1. The number of nitrogens with two attached hydrogens (primary N) is 3. The van der Waals surface area contributed by atoms with Crippen LogP contribution in [0.25, 0.3) is 0 Å². The van der Waals surface area contributed by atoms with Gasteiger partial charge >= 0.3 is 30.0 Å². The molecule has 0 aliphatic heterocycles. The molecule has 145 heavy (non-hydrogen) atoms. The number of alkyl carbamates (subject to hydrolysis) is 1. The van der Waals surface area contributed by atoms with Crippen LogP contribution in [0.15, 0.2) is 240 Å². The zero-order valence-electron chi connectivity index (χ0n) is 86.6. The fraction of sp³-hybridized carbons (Fsp3) is 0.426. The standard InChI is InChI=1S/C18H22N2O3.C18H21NO3.C16H17NO4.2C15H18N2O.C15H17N2O.C11H13NO4.C7H12O2/c1-5-13-12-8-11(2)10-18(13,20-17(21)23-4)14-6-7-16(22-3)19-15(14)9-12;1-5-13-12-8-11(2)10-18(13,17(20)22-4)14-6-7-16(21-3)19-15(14)9-12;1-9-6-10-7-12-11(4-5-13(17-12)20-2)16(8-9,14(10)18)15(19)21-3;3*1-3-11-10-6-9(2)8-15(11,16)12-4-5-14(18)17-13(12)7-10;1-16-9-5-2-6-7(12-9)3-4-8(13)10(6)11(14)15;1-4-6(2)5-9-7(3)8/h5-8,12H,9-10H2,1-4H3,(H,20,21);5-8,12H,9-10H2,1-4H3;4-6,10H,7-8H2,1-3H3;2*3-6,10H,7-8,16H2,1-2H3,(H,17,18);3-6,10H,2,7-8,16H2,1H3,(H,17,18);2,5,8,10,13H,3-4H2,1H3,(H,14,15);2,4-5H2,1,3H3/q;;;;;-1;;/b2*13-5+;;3*11-3+;;/t;;;3*10?,15-;;/m...110../s1. The Morgan fingerprint density at radius 2 is 0.848 bits per heavy atom. The molecule has 1 amide bonds. The topological polar surface area (TPSA) is 457 Å². The van der Waals surface area contributed by atoms with Crippen LogP contribution in [0, 0.1) is 41.9 Å². The number of hydrogen-bond donors (Lipinski definition) is 9. The molecule has 12 N–H and O–H groups in total. The molecule has 0 spiro atoms. The predicted octanol–water partition coefficient (Wildman–Crippen LogP) is 15.6. The molecule has 13 aliphatic rings. The van der Waals surface area contributed by atoms with Crippen LogP contribution in [-0.4, -0.2) is 143 Å². The van der Waals surface area contributed by atoms with Gasteiger partial charge in [-0.05, 0) is 232 Å². The largest absolute Gasteiger partial charge is 0.481 e. The first kappa shape index (κ1) is 108. The van der Waals surface area contributed by atoms with E-state index >= 15 is 0 Å². The van der Waals surface area contributed by atoms with Gasteiger partial charge in [-0.2, -0.15) is 0 Å². The summed E-state index contributed by atoms with van der Waals surface area (Å²) in [5.74, 6) is 0.274. The van der Waals surface area contributed by atoms with Crippen molar-refractivity contribution in [2.75, 3.05) is 56.4 Å². The number of fused-ring (bicyclic) bond motifs is 25. The Balaban J connectivity index is 0.000000140. The molecular formula is C115H138N11O19-. The third-order valence-electron chi connectivity index (χ3n) is 30.2. The van der Waals surface area contributed by atoms with E-state index in [0.717, 1.165) is 148 Å². The average molecular weight is 1980 g/mol. The number of amides is 1. The van der Waals surface area contributed by atoms with Crippen LogP contribution in [0.1, 0.15) is 219 Å². The summed E-state index contributed by atoms with van der Waals surface area (Å²) in [5, 5.41) is 21.8. The number of aliphatic carboxylic acids is 1. The number of esters is 3. The normalized spacial score (nSPS) is 27.5. The summed E-state index contributed by atoms with van der Waals surface area (Å²) >= 11 is 0. The number of aliphatic hydroxyl groups excluding tert-OH is 1. The van der Waals surface area contributed by atoms with E-state index in [-0.39, 0.29) is 58.1 Å². The number of H-pyrrole nitrogens is 3. The van der Waals surface area contributed by atoms with Crippen LogP contribution >= 0.6 is 0 Å². The number of methoxy groups -OCH3 is 7.